The molecule has 3 heterocycles. The molecule has 7 nitrogen and oxygen atoms in total. The molecule has 3 N–H and O–H groups in total. The Morgan fingerprint density at radius 1 is 1.38 bits per heavy atom. The fourth-order valence-corrected chi connectivity index (χ4v) is 4.06. The van der Waals surface area contributed by atoms with E-state index in [1.54, 1.807) is 4.68 Å². The van der Waals surface area contributed by atoms with Gasteiger partial charge in [0.1, 0.15) is 11.4 Å². The second-order valence-corrected chi connectivity index (χ2v) is 7.28. The molecular weight excluding hydrogens is 339 g/mol. The number of likely N-dealkylation sites (N-methyl/N-ethyl adjacent to an activating group) is 1. The zero-order valence-electron chi connectivity index (χ0n) is 14.7. The van der Waals surface area contributed by atoms with Crippen molar-refractivity contribution in [3.8, 4) is 0 Å². The number of rotatable bonds is 2. The maximum atomic E-state index is 15.0. The van der Waals surface area contributed by atoms with Crippen LogP contribution in [0.3, 0.4) is 0 Å². The number of hydrogen-bond donors (Lipinski definition) is 2. The van der Waals surface area contributed by atoms with E-state index >= 15 is 4.39 Å². The minimum absolute atomic E-state index is 0.0276. The smallest absolute Gasteiger partial charge is 0.341 e. The lowest BCUT2D eigenvalue weighted by molar-refractivity contribution is 0.0695. The Bertz CT molecular complexity index is 977. The molecule has 0 amide bonds. The topological polar surface area (TPSA) is 91.8 Å². The minimum atomic E-state index is -1.31. The first-order valence-electron chi connectivity index (χ1n) is 8.65. The summed E-state index contributed by atoms with van der Waals surface area (Å²) in [6.45, 7) is 3.85. The molecule has 8 heteroatoms. The van der Waals surface area contributed by atoms with Gasteiger partial charge in [0.2, 0.25) is 5.43 Å². The Kier molecular flexibility index (Phi) is 3.69. The van der Waals surface area contributed by atoms with E-state index < -0.39 is 17.2 Å². The number of carbonyl (C=O) groups is 1. The summed E-state index contributed by atoms with van der Waals surface area (Å²) in [5, 5.41) is 11.3. The Morgan fingerprint density at radius 2 is 2.12 bits per heavy atom. The van der Waals surface area contributed by atoms with Crippen molar-refractivity contribution in [2.75, 3.05) is 36.6 Å². The largest absolute Gasteiger partial charge is 0.477 e. The Hall–Kier alpha value is -2.61. The van der Waals surface area contributed by atoms with Gasteiger partial charge >= 0.3 is 5.97 Å². The van der Waals surface area contributed by atoms with Gasteiger partial charge in [-0.15, -0.1) is 0 Å². The summed E-state index contributed by atoms with van der Waals surface area (Å²) < 4.78 is 16.7. The third-order valence-corrected chi connectivity index (χ3v) is 5.56. The molecule has 1 saturated heterocycles. The number of anilines is 1. The standard InChI is InChI=1S/C18H21FN4O3/c1-9-6-22(8-14(9)20)16-10-3-4-21(2)23-7-12(18(25)26)17(24)11(15(10)23)5-13(16)19/h5,7,9,14H,3-4,6,8,20H2,1-2H3,(H,25,26)/t9-,14+/m0/s1. The average molecular weight is 360 g/mol. The van der Waals surface area contributed by atoms with E-state index in [-0.39, 0.29) is 22.9 Å². The molecule has 1 aromatic carbocycles. The molecule has 0 saturated carbocycles. The number of nitrogens with two attached hydrogens (primary N) is 1. The molecule has 26 heavy (non-hydrogen) atoms. The van der Waals surface area contributed by atoms with Gasteiger partial charge in [0.05, 0.1) is 16.6 Å². The Labute approximate surface area is 149 Å². The zero-order chi connectivity index (χ0) is 18.7. The monoisotopic (exact) mass is 360 g/mol. The molecule has 1 fully saturated rings. The summed E-state index contributed by atoms with van der Waals surface area (Å²) in [5.41, 5.74) is 6.91. The van der Waals surface area contributed by atoms with Crippen LogP contribution in [0.4, 0.5) is 10.1 Å². The fraction of sp³-hybridized carbons (Fsp3) is 0.444. The highest BCUT2D eigenvalue weighted by atomic mass is 19.1. The first-order valence-corrected chi connectivity index (χ1v) is 8.65. The van der Waals surface area contributed by atoms with Crippen LogP contribution < -0.4 is 21.1 Å². The van der Waals surface area contributed by atoms with Gasteiger partial charge < -0.3 is 20.7 Å². The molecular formula is C18H21FN4O3. The summed E-state index contributed by atoms with van der Waals surface area (Å²) in [7, 11) is 1.81. The first kappa shape index (κ1) is 16.8. The second kappa shape index (κ2) is 5.70. The van der Waals surface area contributed by atoms with Crippen molar-refractivity contribution in [2.24, 2.45) is 11.7 Å². The van der Waals surface area contributed by atoms with Gasteiger partial charge in [-0.05, 0) is 18.4 Å². The predicted molar refractivity (Wildman–Crippen MR) is 97.2 cm³/mol. The molecule has 2 aliphatic heterocycles. The maximum absolute atomic E-state index is 15.0. The van der Waals surface area contributed by atoms with Crippen molar-refractivity contribution in [1.29, 1.82) is 0 Å². The average Bonchev–Trinajstić information content (AvgIpc) is 2.90. The Morgan fingerprint density at radius 3 is 2.73 bits per heavy atom. The lowest BCUT2D eigenvalue weighted by Crippen LogP contribution is -2.39. The van der Waals surface area contributed by atoms with E-state index in [0.29, 0.717) is 37.3 Å². The first-order chi connectivity index (χ1) is 12.3. The van der Waals surface area contributed by atoms with Crippen LogP contribution in [0.15, 0.2) is 17.1 Å². The summed E-state index contributed by atoms with van der Waals surface area (Å²) in [6, 6.07) is 1.15. The van der Waals surface area contributed by atoms with Gasteiger partial charge in [0, 0.05) is 44.5 Å². The van der Waals surface area contributed by atoms with Crippen LogP contribution in [0.2, 0.25) is 0 Å². The van der Waals surface area contributed by atoms with Crippen molar-refractivity contribution in [2.45, 2.75) is 19.4 Å². The number of aromatic nitrogens is 1. The van der Waals surface area contributed by atoms with Crippen LogP contribution >= 0.6 is 0 Å². The van der Waals surface area contributed by atoms with Gasteiger partial charge in [-0.2, -0.15) is 0 Å². The number of aromatic carboxylic acids is 1. The summed E-state index contributed by atoms with van der Waals surface area (Å²) in [5.74, 6) is -1.56. The number of halogens is 1. The third-order valence-electron chi connectivity index (χ3n) is 5.56. The summed E-state index contributed by atoms with van der Waals surface area (Å²) in [6.07, 6.45) is 1.90. The van der Waals surface area contributed by atoms with Crippen molar-refractivity contribution < 1.29 is 14.3 Å². The van der Waals surface area contributed by atoms with Crippen LogP contribution in [-0.4, -0.2) is 48.5 Å². The molecule has 2 aromatic rings. The van der Waals surface area contributed by atoms with Crippen molar-refractivity contribution in [3.05, 3.63) is 39.4 Å². The lowest BCUT2D eigenvalue weighted by Gasteiger charge is -2.33. The van der Waals surface area contributed by atoms with Crippen molar-refractivity contribution in [3.63, 3.8) is 0 Å². The zero-order valence-corrected chi connectivity index (χ0v) is 14.7. The van der Waals surface area contributed by atoms with Crippen molar-refractivity contribution >= 4 is 22.6 Å². The molecule has 2 aliphatic rings. The molecule has 2 atom stereocenters. The predicted octanol–water partition coefficient (Wildman–Crippen LogP) is 0.746. The summed E-state index contributed by atoms with van der Waals surface area (Å²) in [4.78, 5) is 26.0. The van der Waals surface area contributed by atoms with Gasteiger partial charge in [0.15, 0.2) is 0 Å². The molecule has 0 radical (unpaired) electrons. The van der Waals surface area contributed by atoms with Gasteiger partial charge in [-0.3, -0.25) is 9.47 Å². The number of carboxylic acid groups (broad SMARTS) is 1. The van der Waals surface area contributed by atoms with Gasteiger partial charge in [0.25, 0.3) is 0 Å². The summed E-state index contributed by atoms with van der Waals surface area (Å²) >= 11 is 0. The minimum Gasteiger partial charge on any atom is -0.477 e. The van der Waals surface area contributed by atoms with Crippen LogP contribution in [0.25, 0.3) is 10.9 Å². The number of nitrogens with zero attached hydrogens (tertiary/aromatic N) is 3. The molecule has 138 valence electrons. The van der Waals surface area contributed by atoms with E-state index in [2.05, 4.69) is 0 Å². The molecule has 0 spiro atoms. The normalized spacial score (nSPS) is 22.3. The van der Waals surface area contributed by atoms with E-state index in [1.165, 1.54) is 12.3 Å². The van der Waals surface area contributed by atoms with Crippen LogP contribution in [0, 0.1) is 11.7 Å². The molecule has 4 rings (SSSR count). The molecule has 0 bridgehead atoms. The highest BCUT2D eigenvalue weighted by Gasteiger charge is 2.33. The van der Waals surface area contributed by atoms with E-state index in [4.69, 9.17) is 5.73 Å². The molecule has 1 aromatic heterocycles. The Balaban J connectivity index is 2.04. The van der Waals surface area contributed by atoms with Crippen molar-refractivity contribution in [1.82, 2.24) is 4.68 Å². The fourth-order valence-electron chi connectivity index (χ4n) is 4.06. The maximum Gasteiger partial charge on any atom is 0.341 e. The van der Waals surface area contributed by atoms with Crippen LogP contribution in [0.1, 0.15) is 22.8 Å². The lowest BCUT2D eigenvalue weighted by atomic mass is 9.99. The third kappa shape index (κ3) is 2.28. The van der Waals surface area contributed by atoms with Gasteiger partial charge in [-0.25, -0.2) is 9.18 Å². The molecule has 0 unspecified atom stereocenters. The SMILES string of the molecule is C[C@H]1CN(c2c(F)cc3c(=O)c(C(=O)O)cn4c3c2CCN4C)C[C@H]1N. The quantitative estimate of drug-likeness (QED) is 0.821. The van der Waals surface area contributed by atoms with E-state index in [0.717, 1.165) is 5.56 Å². The second-order valence-electron chi connectivity index (χ2n) is 7.28. The van der Waals surface area contributed by atoms with Crippen LogP contribution in [-0.2, 0) is 6.42 Å². The number of carboxylic acids is 1. The van der Waals surface area contributed by atoms with E-state index in [1.807, 2.05) is 23.9 Å². The number of hydrogen-bond acceptors (Lipinski definition) is 5. The number of pyridine rings is 1. The molecule has 0 aliphatic carbocycles. The van der Waals surface area contributed by atoms with E-state index in [9.17, 15) is 14.7 Å². The van der Waals surface area contributed by atoms with Gasteiger partial charge in [-0.1, -0.05) is 6.92 Å². The highest BCUT2D eigenvalue weighted by Crippen LogP contribution is 2.36. The highest BCUT2D eigenvalue weighted by molar-refractivity contribution is 5.95. The van der Waals surface area contributed by atoms with Crippen LogP contribution in [0.5, 0.6) is 0 Å². The number of benzene rings is 1.